The first-order chi connectivity index (χ1) is 16.8. The Hall–Kier alpha value is -2.48. The van der Waals surface area contributed by atoms with Crippen molar-refractivity contribution in [2.75, 3.05) is 0 Å². The van der Waals surface area contributed by atoms with Crippen LogP contribution in [0.3, 0.4) is 0 Å². The first-order valence-electron chi connectivity index (χ1n) is 12.9. The Morgan fingerprint density at radius 2 is 1.83 bits per heavy atom. The van der Waals surface area contributed by atoms with Crippen LogP contribution in [0.1, 0.15) is 58.9 Å². The molecule has 3 aliphatic carbocycles. The van der Waals surface area contributed by atoms with E-state index < -0.39 is 58.2 Å². The minimum atomic E-state index is -1.75. The third-order valence-corrected chi connectivity index (χ3v) is 9.81. The molecule has 0 spiro atoms. The van der Waals surface area contributed by atoms with Crippen molar-refractivity contribution in [1.82, 2.24) is 0 Å². The Balaban J connectivity index is 1.56. The summed E-state index contributed by atoms with van der Waals surface area (Å²) in [4.78, 5) is 25.2. The van der Waals surface area contributed by atoms with Crippen LogP contribution in [0.15, 0.2) is 48.1 Å². The van der Waals surface area contributed by atoms with E-state index in [4.69, 9.17) is 9.47 Å². The first kappa shape index (κ1) is 25.2. The maximum atomic E-state index is 13.0. The smallest absolute Gasteiger partial charge is 0.333 e. The Bertz CT molecular complexity index is 1120. The lowest BCUT2D eigenvalue weighted by atomic mass is 9.39. The number of fused-ring (bicyclic) bond motifs is 4. The maximum absolute atomic E-state index is 13.0. The lowest BCUT2D eigenvalue weighted by Crippen LogP contribution is -2.77. The van der Waals surface area contributed by atoms with Crippen LogP contribution in [0.25, 0.3) is 6.08 Å². The van der Waals surface area contributed by atoms with Gasteiger partial charge in [-0.05, 0) is 47.6 Å². The normalized spacial score (nSPS) is 43.1. The zero-order valence-electron chi connectivity index (χ0n) is 21.3. The largest absolute Gasteiger partial charge is 0.453 e. The molecule has 0 unspecified atom stereocenters. The number of hydrogen-bond acceptors (Lipinski definition) is 7. The van der Waals surface area contributed by atoms with E-state index in [1.54, 1.807) is 6.08 Å². The lowest BCUT2D eigenvalue weighted by Gasteiger charge is -2.69. The average Bonchev–Trinajstić information content (AvgIpc) is 3.13. The molecular weight excluding hydrogens is 460 g/mol. The van der Waals surface area contributed by atoms with Crippen LogP contribution < -0.4 is 0 Å². The van der Waals surface area contributed by atoms with E-state index in [9.17, 15) is 24.9 Å². The van der Waals surface area contributed by atoms with Crippen LogP contribution >= 0.6 is 0 Å². The molecule has 0 radical (unpaired) electrons. The number of carbonyl (C=O) groups is 2. The third-order valence-electron chi connectivity index (χ3n) is 9.81. The fourth-order valence-electron chi connectivity index (χ4n) is 8.04. The highest BCUT2D eigenvalue weighted by atomic mass is 16.7. The Morgan fingerprint density at radius 1 is 1.14 bits per heavy atom. The van der Waals surface area contributed by atoms with Gasteiger partial charge in [-0.25, -0.2) is 9.59 Å². The van der Waals surface area contributed by atoms with Gasteiger partial charge in [-0.3, -0.25) is 0 Å². The predicted molar refractivity (Wildman–Crippen MR) is 132 cm³/mol. The van der Waals surface area contributed by atoms with Crippen molar-refractivity contribution in [3.63, 3.8) is 0 Å². The SMILES string of the molecule is C[C@H]1C2=CC(=O)O[C@@]2(O)C[C@@H]2[C@@H]1[C@@H](O)[C@@H](OC(=O)C=Cc1ccccc1)[C@@]1(O)C(C)(C)CCC[C@]21C. The fourth-order valence-corrected chi connectivity index (χ4v) is 8.04. The molecule has 3 N–H and O–H groups in total. The molecule has 0 amide bonds. The molecule has 1 heterocycles. The van der Waals surface area contributed by atoms with Gasteiger partial charge >= 0.3 is 11.9 Å². The number of hydrogen-bond donors (Lipinski definition) is 3. The summed E-state index contributed by atoms with van der Waals surface area (Å²) in [6.45, 7) is 7.72. The molecule has 1 aliphatic heterocycles. The molecule has 3 fully saturated rings. The van der Waals surface area contributed by atoms with Crippen LogP contribution in [0.2, 0.25) is 0 Å². The monoisotopic (exact) mass is 496 g/mol. The molecule has 0 aromatic heterocycles. The summed E-state index contributed by atoms with van der Waals surface area (Å²) >= 11 is 0. The van der Waals surface area contributed by atoms with Crippen LogP contribution in [0, 0.1) is 28.6 Å². The Labute approximate surface area is 211 Å². The molecule has 194 valence electrons. The maximum Gasteiger partial charge on any atom is 0.333 e. The summed E-state index contributed by atoms with van der Waals surface area (Å²) in [5.41, 5.74) is -1.80. The summed E-state index contributed by atoms with van der Waals surface area (Å²) in [6.07, 6.45) is 4.14. The van der Waals surface area contributed by atoms with E-state index in [0.717, 1.165) is 12.0 Å². The second-order valence-electron chi connectivity index (χ2n) is 12.0. The molecule has 4 aliphatic rings. The van der Waals surface area contributed by atoms with E-state index in [1.807, 2.05) is 58.0 Å². The Morgan fingerprint density at radius 3 is 2.53 bits per heavy atom. The predicted octanol–water partition coefficient (Wildman–Crippen LogP) is 3.38. The van der Waals surface area contributed by atoms with E-state index in [2.05, 4.69) is 0 Å². The topological polar surface area (TPSA) is 113 Å². The zero-order chi connectivity index (χ0) is 26.1. The van der Waals surface area contributed by atoms with Crippen molar-refractivity contribution in [2.24, 2.45) is 28.6 Å². The second-order valence-corrected chi connectivity index (χ2v) is 12.0. The highest BCUT2D eigenvalue weighted by molar-refractivity contribution is 5.87. The van der Waals surface area contributed by atoms with Gasteiger partial charge in [-0.15, -0.1) is 0 Å². The molecule has 1 aromatic rings. The standard InChI is InChI=1S/C29H36O7/c1-17-19-15-22(31)36-28(19,33)16-20-23(17)24(32)25(29(34)26(2,3)13-8-14-27(20,29)4)35-21(30)12-11-18-9-6-5-7-10-18/h5-7,9-12,15,17,20,23-25,32-34H,8,13-14,16H2,1-4H3/t17-,20+,23+,24+,25+,27+,28-,29+/m0/s1. The number of ether oxygens (including phenoxy) is 2. The van der Waals surface area contributed by atoms with Crippen LogP contribution in [0.4, 0.5) is 0 Å². The summed E-state index contributed by atoms with van der Waals surface area (Å²) in [6, 6.07) is 9.35. The van der Waals surface area contributed by atoms with Gasteiger partial charge in [0.1, 0.15) is 5.60 Å². The van der Waals surface area contributed by atoms with Gasteiger partial charge in [0.05, 0.1) is 6.10 Å². The molecule has 5 rings (SSSR count). The molecular formula is C29H36O7. The summed E-state index contributed by atoms with van der Waals surface area (Å²) in [5, 5.41) is 35.7. The average molecular weight is 497 g/mol. The van der Waals surface area contributed by atoms with Crippen molar-refractivity contribution in [2.45, 2.75) is 77.0 Å². The molecule has 0 saturated heterocycles. The fraction of sp³-hybridized carbons (Fsp3) is 0.586. The van der Waals surface area contributed by atoms with Crippen LogP contribution in [-0.2, 0) is 19.1 Å². The van der Waals surface area contributed by atoms with Gasteiger partial charge in [0.25, 0.3) is 0 Å². The van der Waals surface area contributed by atoms with E-state index >= 15 is 0 Å². The van der Waals surface area contributed by atoms with E-state index in [0.29, 0.717) is 18.4 Å². The zero-order valence-corrected chi connectivity index (χ0v) is 21.3. The van der Waals surface area contributed by atoms with Crippen molar-refractivity contribution >= 4 is 18.0 Å². The number of esters is 2. The third kappa shape index (κ3) is 3.43. The van der Waals surface area contributed by atoms with Gasteiger partial charge in [0, 0.05) is 29.6 Å². The number of aliphatic hydroxyl groups is 3. The second kappa shape index (κ2) is 8.27. The minimum Gasteiger partial charge on any atom is -0.453 e. The number of rotatable bonds is 3. The minimum absolute atomic E-state index is 0.0834. The molecule has 7 nitrogen and oxygen atoms in total. The van der Waals surface area contributed by atoms with Gasteiger partial charge < -0.3 is 24.8 Å². The molecule has 0 bridgehead atoms. The summed E-state index contributed by atoms with van der Waals surface area (Å²) < 4.78 is 11.3. The van der Waals surface area contributed by atoms with Gasteiger partial charge in [-0.2, -0.15) is 0 Å². The van der Waals surface area contributed by atoms with Crippen LogP contribution in [-0.4, -0.2) is 50.9 Å². The number of aliphatic hydroxyl groups excluding tert-OH is 1. The molecule has 8 atom stereocenters. The summed E-state index contributed by atoms with van der Waals surface area (Å²) in [5.74, 6) is -4.22. The first-order valence-corrected chi connectivity index (χ1v) is 12.9. The van der Waals surface area contributed by atoms with Crippen LogP contribution in [0.5, 0.6) is 0 Å². The molecule has 1 aromatic carbocycles. The number of carbonyl (C=O) groups excluding carboxylic acids is 2. The highest BCUT2D eigenvalue weighted by Gasteiger charge is 2.74. The van der Waals surface area contributed by atoms with Gasteiger partial charge in [-0.1, -0.05) is 64.4 Å². The summed E-state index contributed by atoms with van der Waals surface area (Å²) in [7, 11) is 0. The molecule has 36 heavy (non-hydrogen) atoms. The molecule has 7 heteroatoms. The van der Waals surface area contributed by atoms with Crippen molar-refractivity contribution in [1.29, 1.82) is 0 Å². The Kier molecular flexibility index (Phi) is 5.78. The van der Waals surface area contributed by atoms with Gasteiger partial charge in [0.15, 0.2) is 6.10 Å². The van der Waals surface area contributed by atoms with Gasteiger partial charge in [0.2, 0.25) is 5.79 Å². The van der Waals surface area contributed by atoms with Crippen molar-refractivity contribution in [3.8, 4) is 0 Å². The van der Waals surface area contributed by atoms with Crippen molar-refractivity contribution < 1.29 is 34.4 Å². The lowest BCUT2D eigenvalue weighted by molar-refractivity contribution is -0.330. The molecule has 3 saturated carbocycles. The van der Waals surface area contributed by atoms with Crippen molar-refractivity contribution in [3.05, 3.63) is 53.6 Å². The van der Waals surface area contributed by atoms with E-state index in [-0.39, 0.29) is 12.3 Å². The quantitative estimate of drug-likeness (QED) is 0.434. The highest BCUT2D eigenvalue weighted by Crippen LogP contribution is 2.68. The number of benzene rings is 1. The van der Waals surface area contributed by atoms with E-state index in [1.165, 1.54) is 12.2 Å².